The van der Waals surface area contributed by atoms with Crippen molar-refractivity contribution in [3.63, 3.8) is 0 Å². The Balaban J connectivity index is 1.35. The minimum atomic E-state index is -0.970. The predicted molar refractivity (Wildman–Crippen MR) is 207 cm³/mol. The smallest absolute Gasteiger partial charge is 0.200 e. The molecule has 1 aromatic heterocycles. The summed E-state index contributed by atoms with van der Waals surface area (Å²) in [6, 6.07) is 38.0. The summed E-state index contributed by atoms with van der Waals surface area (Å²) in [5.74, 6) is -3.84. The molecule has 5 N–H and O–H groups in total. The Bertz CT molecular complexity index is 2700. The van der Waals surface area contributed by atoms with Gasteiger partial charge in [0.25, 0.3) is 0 Å². The molecule has 0 atom stereocenters. The normalized spacial score (nSPS) is 12.2. The lowest BCUT2D eigenvalue weighted by atomic mass is 9.76. The van der Waals surface area contributed by atoms with E-state index < -0.39 is 34.2 Å². The van der Waals surface area contributed by atoms with Crippen LogP contribution >= 0.6 is 0 Å². The maximum absolute atomic E-state index is 11.6. The molecule has 0 amide bonds. The molecule has 6 nitrogen and oxygen atoms in total. The van der Waals surface area contributed by atoms with Gasteiger partial charge in [0.05, 0.1) is 13.4 Å². The highest BCUT2D eigenvalue weighted by molar-refractivity contribution is 6.38. The Labute approximate surface area is 295 Å². The average Bonchev–Trinajstić information content (AvgIpc) is 3.53. The number of benzene rings is 7. The van der Waals surface area contributed by atoms with E-state index in [-0.39, 0.29) is 23.0 Å². The molecule has 0 aliphatic rings. The zero-order chi connectivity index (χ0) is 35.6. The van der Waals surface area contributed by atoms with Crippen molar-refractivity contribution in [2.75, 3.05) is 0 Å². The molecule has 8 rings (SSSR count). The molecule has 0 saturated heterocycles. The fraction of sp³-hybridized carbons (Fsp3) is 0.0233. The summed E-state index contributed by atoms with van der Waals surface area (Å²) in [6.45, 7) is 3.26. The van der Waals surface area contributed by atoms with Gasteiger partial charge in [0, 0.05) is 21.9 Å². The highest BCUT2D eigenvalue weighted by Gasteiger charge is 2.28. The maximum Gasteiger partial charge on any atom is 0.200 e. The van der Waals surface area contributed by atoms with Crippen LogP contribution in [0, 0.1) is 0 Å². The Morgan fingerprint density at radius 2 is 1.08 bits per heavy atom. The van der Waals surface area contributed by atoms with Crippen molar-refractivity contribution < 1.29 is 29.9 Å². The molecule has 0 spiro atoms. The second-order valence-electron chi connectivity index (χ2n) is 12.4. The van der Waals surface area contributed by atoms with E-state index in [4.69, 9.17) is 20.1 Å². The molecule has 0 bridgehead atoms. The Kier molecular flexibility index (Phi) is 7.53. The lowest BCUT2D eigenvalue weighted by Crippen LogP contribution is -2.13. The number of hydrogen-bond acceptors (Lipinski definition) is 6. The second kappa shape index (κ2) is 12.1. The Morgan fingerprint density at radius 3 is 1.67 bits per heavy atom. The minimum Gasteiger partial charge on any atom is -0.508 e. The van der Waals surface area contributed by atoms with Gasteiger partial charge < -0.3 is 29.9 Å². The standard InChI is InChI=1S/C43H28B2O6/c1-22(46)40(47)43(50)38-32(21-44)37(41(48)39(45)42(38)49)36-30-11-4-2-9-28(30)35(29-10-3-5-12-31(29)36)24-16-14-23(15-17-24)25-18-19-27-26-8-6-7-13-33(26)51-34(27)20-25/h2-20,46-50H,1,21H2/b43-40-. The maximum atomic E-state index is 11.6. The van der Waals surface area contributed by atoms with Crippen molar-refractivity contribution in [3.8, 4) is 44.9 Å². The molecule has 51 heavy (non-hydrogen) atoms. The molecule has 7 aromatic carbocycles. The van der Waals surface area contributed by atoms with Crippen LogP contribution in [0.5, 0.6) is 11.5 Å². The summed E-state index contributed by atoms with van der Waals surface area (Å²) in [5, 5.41) is 59.2. The van der Waals surface area contributed by atoms with Crippen molar-refractivity contribution in [3.05, 3.63) is 144 Å². The summed E-state index contributed by atoms with van der Waals surface area (Å²) in [6.07, 6.45) is -0.285. The van der Waals surface area contributed by atoms with Crippen LogP contribution in [-0.2, 0) is 6.32 Å². The number of fused-ring (bicyclic) bond motifs is 5. The van der Waals surface area contributed by atoms with E-state index >= 15 is 0 Å². The Morgan fingerprint density at radius 1 is 0.569 bits per heavy atom. The summed E-state index contributed by atoms with van der Waals surface area (Å²) in [7, 11) is 12.5. The Hall–Kier alpha value is -6.53. The molecular formula is C43H28B2O6. The number of furan rings is 1. The van der Waals surface area contributed by atoms with Crippen LogP contribution in [0.15, 0.2) is 138 Å². The molecule has 8 aromatic rings. The molecule has 242 valence electrons. The molecule has 0 aliphatic heterocycles. The number of aliphatic hydroxyl groups excluding tert-OH is 3. The van der Waals surface area contributed by atoms with Gasteiger partial charge in [-0.05, 0) is 73.0 Å². The molecule has 0 aliphatic carbocycles. The molecular weight excluding hydrogens is 634 g/mol. The van der Waals surface area contributed by atoms with Gasteiger partial charge >= 0.3 is 0 Å². The lowest BCUT2D eigenvalue weighted by Gasteiger charge is -2.24. The molecule has 0 fully saturated rings. The summed E-state index contributed by atoms with van der Waals surface area (Å²) < 4.78 is 6.14. The lowest BCUT2D eigenvalue weighted by molar-refractivity contribution is 0.315. The van der Waals surface area contributed by atoms with Crippen LogP contribution in [0.1, 0.15) is 11.1 Å². The van der Waals surface area contributed by atoms with Crippen molar-refractivity contribution in [2.24, 2.45) is 0 Å². The topological polar surface area (TPSA) is 114 Å². The van der Waals surface area contributed by atoms with Crippen LogP contribution < -0.4 is 5.46 Å². The molecule has 4 radical (unpaired) electrons. The van der Waals surface area contributed by atoms with E-state index in [1.807, 2.05) is 66.7 Å². The number of phenolic OH excluding ortho intramolecular Hbond substituents is 2. The van der Waals surface area contributed by atoms with Crippen molar-refractivity contribution >= 4 is 70.4 Å². The van der Waals surface area contributed by atoms with Crippen LogP contribution in [-0.4, -0.2) is 41.2 Å². The third kappa shape index (κ3) is 4.90. The quantitative estimate of drug-likeness (QED) is 0.0525. The number of para-hydroxylation sites is 1. The monoisotopic (exact) mass is 662 g/mol. The fourth-order valence-electron chi connectivity index (χ4n) is 7.22. The van der Waals surface area contributed by atoms with Gasteiger partial charge in [-0.2, -0.15) is 0 Å². The number of hydrogen-bond donors (Lipinski definition) is 5. The van der Waals surface area contributed by atoms with Gasteiger partial charge in [-0.1, -0.05) is 110 Å². The SMILES string of the molecule is [B]Cc1c(/C(O)=C(/O)C(=C)O)c(O)c([B])c(O)c1-c1c2ccccc2c(-c2ccc(-c3ccc4c(c3)oc3ccccc34)cc2)c2ccccc12. The van der Waals surface area contributed by atoms with E-state index in [0.717, 1.165) is 65.7 Å². The first-order valence-corrected chi connectivity index (χ1v) is 16.2. The zero-order valence-corrected chi connectivity index (χ0v) is 27.2. The van der Waals surface area contributed by atoms with E-state index in [0.29, 0.717) is 5.56 Å². The van der Waals surface area contributed by atoms with Gasteiger partial charge in [0.2, 0.25) is 0 Å². The molecule has 0 unspecified atom stereocenters. The first kappa shape index (κ1) is 31.7. The van der Waals surface area contributed by atoms with Gasteiger partial charge in [-0.25, -0.2) is 0 Å². The summed E-state index contributed by atoms with van der Waals surface area (Å²) in [4.78, 5) is 0. The van der Waals surface area contributed by atoms with Crippen LogP contribution in [0.3, 0.4) is 0 Å². The highest BCUT2D eigenvalue weighted by Crippen LogP contribution is 2.49. The van der Waals surface area contributed by atoms with Gasteiger partial charge in [0.15, 0.2) is 17.3 Å². The van der Waals surface area contributed by atoms with E-state index in [9.17, 15) is 25.5 Å². The number of phenols is 2. The van der Waals surface area contributed by atoms with E-state index in [1.54, 1.807) is 0 Å². The van der Waals surface area contributed by atoms with Crippen molar-refractivity contribution in [2.45, 2.75) is 6.32 Å². The van der Waals surface area contributed by atoms with Crippen LogP contribution in [0.25, 0.3) is 82.6 Å². The fourth-order valence-corrected chi connectivity index (χ4v) is 7.22. The van der Waals surface area contributed by atoms with Gasteiger partial charge in [0.1, 0.15) is 30.5 Å². The molecule has 1 heterocycles. The summed E-state index contributed by atoms with van der Waals surface area (Å²) in [5.41, 5.74) is 5.70. The van der Waals surface area contributed by atoms with Crippen LogP contribution in [0.2, 0.25) is 0 Å². The zero-order valence-electron chi connectivity index (χ0n) is 27.2. The van der Waals surface area contributed by atoms with Gasteiger partial charge in [-0.3, -0.25) is 0 Å². The van der Waals surface area contributed by atoms with Gasteiger partial charge in [-0.15, -0.1) is 0 Å². The first-order valence-electron chi connectivity index (χ1n) is 16.2. The van der Waals surface area contributed by atoms with Crippen molar-refractivity contribution in [1.82, 2.24) is 0 Å². The minimum absolute atomic E-state index is 0.0957. The summed E-state index contributed by atoms with van der Waals surface area (Å²) >= 11 is 0. The highest BCUT2D eigenvalue weighted by atomic mass is 16.3. The molecule has 8 heteroatoms. The average molecular weight is 662 g/mol. The number of aromatic hydroxyl groups is 2. The number of rotatable bonds is 6. The van der Waals surface area contributed by atoms with Crippen LogP contribution in [0.4, 0.5) is 0 Å². The largest absolute Gasteiger partial charge is 0.508 e. The number of aliphatic hydroxyl groups is 3. The second-order valence-corrected chi connectivity index (χ2v) is 12.4. The third-order valence-electron chi connectivity index (χ3n) is 9.59. The van der Waals surface area contributed by atoms with Crippen molar-refractivity contribution in [1.29, 1.82) is 0 Å². The first-order chi connectivity index (χ1) is 24.7. The van der Waals surface area contributed by atoms with E-state index in [1.165, 1.54) is 0 Å². The molecule has 0 saturated carbocycles. The van der Waals surface area contributed by atoms with E-state index in [2.05, 4.69) is 55.1 Å². The predicted octanol–water partition coefficient (Wildman–Crippen LogP) is 9.62. The third-order valence-corrected chi connectivity index (χ3v) is 9.59.